The Balaban J connectivity index is 3.89. The van der Waals surface area contributed by atoms with Crippen LogP contribution in [0.3, 0.4) is 0 Å². The number of carboxylic acid groups (broad SMARTS) is 1. The van der Waals surface area contributed by atoms with Crippen LogP contribution in [0.2, 0.25) is 0 Å². The Morgan fingerprint density at radius 1 is 0.378 bits per heavy atom. The number of aliphatic carboxylic acids is 1. The number of hydrogen-bond acceptors (Lipinski definition) is 8. The first-order valence-electron chi connectivity index (χ1n) is 32.6. The Labute approximate surface area is 459 Å². The molecule has 74 heavy (non-hydrogen) atoms. The van der Waals surface area contributed by atoms with Crippen LogP contribution in [0.1, 0.15) is 354 Å². The van der Waals surface area contributed by atoms with Gasteiger partial charge in [0.05, 0.1) is 19.8 Å². The van der Waals surface area contributed by atoms with Crippen LogP contribution >= 0.6 is 7.82 Å². The molecule has 0 spiro atoms. The summed E-state index contributed by atoms with van der Waals surface area (Å²) in [5, 5.41) is 8.97. The third kappa shape index (κ3) is 58.6. The SMILES string of the molecule is CCCCCCCCCCCCCCCCCCCCCCCCCCCCCCCCCCC(=O)O[C@H](COCCCCCCCCCCCCCCCCCCCCCC)COP(=O)(O)OC[C@H](N)C(=O)O. The Kier molecular flexibility index (Phi) is 58.8. The molecule has 0 aliphatic rings. The molecule has 0 saturated carbocycles. The van der Waals surface area contributed by atoms with Crippen molar-refractivity contribution in [2.75, 3.05) is 26.4 Å². The van der Waals surface area contributed by atoms with E-state index in [1.807, 2.05) is 0 Å². The van der Waals surface area contributed by atoms with E-state index in [1.165, 1.54) is 295 Å². The van der Waals surface area contributed by atoms with Crippen molar-refractivity contribution in [1.82, 2.24) is 0 Å². The van der Waals surface area contributed by atoms with Gasteiger partial charge >= 0.3 is 19.8 Å². The van der Waals surface area contributed by atoms with Gasteiger partial charge in [-0.3, -0.25) is 18.6 Å². The van der Waals surface area contributed by atoms with E-state index >= 15 is 0 Å². The molecule has 0 aromatic carbocycles. The molecule has 0 fully saturated rings. The molecule has 4 N–H and O–H groups in total. The van der Waals surface area contributed by atoms with E-state index in [1.54, 1.807) is 0 Å². The molecule has 0 rings (SSSR count). The average molecular weight is 1070 g/mol. The molecule has 1 unspecified atom stereocenters. The van der Waals surface area contributed by atoms with E-state index in [0.29, 0.717) is 6.61 Å². The Bertz CT molecular complexity index is 1190. The fraction of sp³-hybridized carbons (Fsp3) is 0.968. The zero-order valence-corrected chi connectivity index (χ0v) is 50.1. The molecule has 3 atom stereocenters. The van der Waals surface area contributed by atoms with Gasteiger partial charge in [-0.15, -0.1) is 0 Å². The summed E-state index contributed by atoms with van der Waals surface area (Å²) in [7, 11) is -4.62. The van der Waals surface area contributed by atoms with Crippen molar-refractivity contribution in [3.63, 3.8) is 0 Å². The van der Waals surface area contributed by atoms with Crippen LogP contribution in [0, 0.1) is 0 Å². The highest BCUT2D eigenvalue weighted by molar-refractivity contribution is 7.47. The molecule has 0 aromatic rings. The van der Waals surface area contributed by atoms with Gasteiger partial charge in [-0.2, -0.15) is 0 Å². The highest BCUT2D eigenvalue weighted by Gasteiger charge is 2.27. The van der Waals surface area contributed by atoms with E-state index in [-0.39, 0.29) is 13.0 Å². The van der Waals surface area contributed by atoms with Gasteiger partial charge in [0.1, 0.15) is 12.1 Å². The summed E-state index contributed by atoms with van der Waals surface area (Å²) in [5.74, 6) is -1.75. The third-order valence-corrected chi connectivity index (χ3v) is 16.1. The van der Waals surface area contributed by atoms with Crippen LogP contribution in [0.25, 0.3) is 0 Å². The number of phosphoric ester groups is 1. The maximum absolute atomic E-state index is 12.8. The standard InChI is InChI=1S/C63H126NO9P/c1-3-5-7-9-11-13-15-17-19-21-23-25-26-27-28-29-30-31-32-33-34-35-36-37-39-41-43-45-47-49-51-53-55-62(65)73-60(58-71-74(68,69)72-59-61(64)63(66)67)57-70-56-54-52-50-48-46-44-42-40-38-24-22-20-18-16-14-12-10-8-6-4-2/h60-61H,3-59,64H2,1-2H3,(H,66,67)(H,68,69)/t60-,61+/m1/s1. The molecule has 0 bridgehead atoms. The largest absolute Gasteiger partial charge is 0.480 e. The molecule has 10 nitrogen and oxygen atoms in total. The van der Waals surface area contributed by atoms with Crippen molar-refractivity contribution in [2.24, 2.45) is 5.73 Å². The highest BCUT2D eigenvalue weighted by Crippen LogP contribution is 2.43. The molecule has 0 saturated heterocycles. The number of carboxylic acids is 1. The third-order valence-electron chi connectivity index (χ3n) is 15.1. The average Bonchev–Trinajstić information content (AvgIpc) is 3.38. The maximum atomic E-state index is 12.8. The number of hydrogen-bond donors (Lipinski definition) is 3. The summed E-state index contributed by atoms with van der Waals surface area (Å²) in [6, 6.07) is -1.47. The minimum atomic E-state index is -4.62. The molecule has 11 heteroatoms. The van der Waals surface area contributed by atoms with Gasteiger partial charge in [0.25, 0.3) is 0 Å². The maximum Gasteiger partial charge on any atom is 0.472 e. The Morgan fingerprint density at radius 2 is 0.622 bits per heavy atom. The van der Waals surface area contributed by atoms with E-state index in [4.69, 9.17) is 29.4 Å². The summed E-state index contributed by atoms with van der Waals surface area (Å²) in [6.07, 6.45) is 69.2. The van der Waals surface area contributed by atoms with Gasteiger partial charge in [0, 0.05) is 13.0 Å². The lowest BCUT2D eigenvalue weighted by Gasteiger charge is -2.20. The van der Waals surface area contributed by atoms with Crippen molar-refractivity contribution in [2.45, 2.75) is 366 Å². The van der Waals surface area contributed by atoms with Crippen LogP contribution < -0.4 is 5.73 Å². The number of carbonyl (C=O) groups is 2. The molecular formula is C63H126NO9P. The minimum absolute atomic E-state index is 0.0269. The first-order chi connectivity index (χ1) is 36.2. The van der Waals surface area contributed by atoms with Crippen molar-refractivity contribution in [1.29, 1.82) is 0 Å². The van der Waals surface area contributed by atoms with Gasteiger partial charge < -0.3 is 25.2 Å². The number of nitrogens with two attached hydrogens (primary N) is 1. The van der Waals surface area contributed by atoms with Crippen LogP contribution in [-0.4, -0.2) is 60.5 Å². The Hall–Kier alpha value is -1.03. The molecular weight excluding hydrogens is 946 g/mol. The van der Waals surface area contributed by atoms with E-state index in [0.717, 1.165) is 38.5 Å². The van der Waals surface area contributed by atoms with Crippen LogP contribution in [0.15, 0.2) is 0 Å². The second-order valence-corrected chi connectivity index (χ2v) is 24.1. The van der Waals surface area contributed by atoms with Gasteiger partial charge in [0.15, 0.2) is 0 Å². The molecule has 0 aromatic heterocycles. The fourth-order valence-electron chi connectivity index (χ4n) is 10.1. The van der Waals surface area contributed by atoms with Gasteiger partial charge in [-0.25, -0.2) is 4.57 Å². The lowest BCUT2D eigenvalue weighted by molar-refractivity contribution is -0.154. The summed E-state index contributed by atoms with van der Waals surface area (Å²) < 4.78 is 33.7. The predicted octanol–water partition coefficient (Wildman–Crippen LogP) is 20.2. The van der Waals surface area contributed by atoms with Gasteiger partial charge in [-0.05, 0) is 12.8 Å². The molecule has 0 radical (unpaired) electrons. The minimum Gasteiger partial charge on any atom is -0.480 e. The molecule has 0 aliphatic heterocycles. The summed E-state index contributed by atoms with van der Waals surface area (Å²) in [6.45, 7) is 3.99. The van der Waals surface area contributed by atoms with Crippen LogP contribution in [0.5, 0.6) is 0 Å². The topological polar surface area (TPSA) is 155 Å². The smallest absolute Gasteiger partial charge is 0.472 e. The highest BCUT2D eigenvalue weighted by atomic mass is 31.2. The second kappa shape index (κ2) is 59.6. The first kappa shape index (κ1) is 73.0. The summed E-state index contributed by atoms with van der Waals surface area (Å²) in [5.41, 5.74) is 5.40. The zero-order valence-electron chi connectivity index (χ0n) is 49.2. The number of phosphoric acid groups is 1. The monoisotopic (exact) mass is 1070 g/mol. The van der Waals surface area contributed by atoms with Gasteiger partial charge in [0.2, 0.25) is 0 Å². The molecule has 0 amide bonds. The summed E-state index contributed by atoms with van der Waals surface area (Å²) in [4.78, 5) is 33.9. The van der Waals surface area contributed by atoms with Crippen molar-refractivity contribution in [3.8, 4) is 0 Å². The number of unbranched alkanes of at least 4 members (excludes halogenated alkanes) is 50. The van der Waals surface area contributed by atoms with Gasteiger partial charge in [-0.1, -0.05) is 335 Å². The Morgan fingerprint density at radius 3 is 0.892 bits per heavy atom. The lowest BCUT2D eigenvalue weighted by atomic mass is 10.0. The van der Waals surface area contributed by atoms with E-state index in [9.17, 15) is 19.0 Å². The van der Waals surface area contributed by atoms with Crippen molar-refractivity contribution >= 4 is 19.8 Å². The predicted molar refractivity (Wildman–Crippen MR) is 314 cm³/mol. The number of rotatable bonds is 64. The van der Waals surface area contributed by atoms with Crippen LogP contribution in [0.4, 0.5) is 0 Å². The number of carbonyl (C=O) groups excluding carboxylic acids is 1. The molecule has 442 valence electrons. The number of ether oxygens (including phenoxy) is 2. The fourth-order valence-corrected chi connectivity index (χ4v) is 10.9. The number of esters is 1. The van der Waals surface area contributed by atoms with Crippen molar-refractivity contribution in [3.05, 3.63) is 0 Å². The lowest BCUT2D eigenvalue weighted by Crippen LogP contribution is -2.34. The molecule has 0 aliphatic carbocycles. The van der Waals surface area contributed by atoms with E-state index < -0.39 is 45.1 Å². The quantitative estimate of drug-likeness (QED) is 0.0305. The van der Waals surface area contributed by atoms with Crippen molar-refractivity contribution < 1.29 is 42.7 Å². The zero-order chi connectivity index (χ0) is 53.9. The van der Waals surface area contributed by atoms with E-state index in [2.05, 4.69) is 13.8 Å². The van der Waals surface area contributed by atoms with Crippen LogP contribution in [-0.2, 0) is 32.7 Å². The normalized spacial score (nSPS) is 13.4. The first-order valence-corrected chi connectivity index (χ1v) is 34.1. The molecule has 0 heterocycles. The second-order valence-electron chi connectivity index (χ2n) is 22.6. The summed E-state index contributed by atoms with van der Waals surface area (Å²) >= 11 is 0.